The number of anilines is 3. The van der Waals surface area contributed by atoms with Gasteiger partial charge in [0.15, 0.2) is 0 Å². The highest BCUT2D eigenvalue weighted by atomic mass is 16.2. The molecule has 0 atom stereocenters. The molecule has 6 nitrogen and oxygen atoms in total. The fraction of sp³-hybridized carbons (Fsp3) is 0.476. The van der Waals surface area contributed by atoms with Gasteiger partial charge in [0.2, 0.25) is 0 Å². The van der Waals surface area contributed by atoms with Gasteiger partial charge in [-0.1, -0.05) is 0 Å². The predicted molar refractivity (Wildman–Crippen MR) is 110 cm³/mol. The standard InChI is InChI=1S/C21H29N5O/c1-23-9-5-6-19(23)21(27)26-14-12-24(13-15-26)17-7-8-18(22)20(16-17)25-10-3-2-4-11-25/h5-9,16H,2-4,10-15,22H2,1H3. The van der Waals surface area contributed by atoms with Crippen LogP contribution in [0.15, 0.2) is 36.5 Å². The molecular formula is C21H29N5O. The van der Waals surface area contributed by atoms with Crippen LogP contribution in [-0.4, -0.2) is 54.6 Å². The first-order chi connectivity index (χ1) is 13.1. The van der Waals surface area contributed by atoms with Crippen LogP contribution in [0.4, 0.5) is 17.1 Å². The van der Waals surface area contributed by atoms with E-state index in [4.69, 9.17) is 5.73 Å². The number of carbonyl (C=O) groups excluding carboxylic acids is 1. The summed E-state index contributed by atoms with van der Waals surface area (Å²) < 4.78 is 1.89. The number of hydrogen-bond acceptors (Lipinski definition) is 4. The van der Waals surface area contributed by atoms with Crippen molar-refractivity contribution in [3.05, 3.63) is 42.2 Å². The van der Waals surface area contributed by atoms with Crippen LogP contribution >= 0.6 is 0 Å². The number of aromatic nitrogens is 1. The predicted octanol–water partition coefficient (Wildman–Crippen LogP) is 2.56. The summed E-state index contributed by atoms with van der Waals surface area (Å²) >= 11 is 0. The summed E-state index contributed by atoms with van der Waals surface area (Å²) in [6.45, 7) is 5.36. The van der Waals surface area contributed by atoms with Crippen LogP contribution in [0.3, 0.4) is 0 Å². The molecule has 2 fully saturated rings. The molecule has 0 aliphatic carbocycles. The Morgan fingerprint density at radius 2 is 1.67 bits per heavy atom. The maximum atomic E-state index is 12.7. The fourth-order valence-corrected chi connectivity index (χ4v) is 4.15. The highest BCUT2D eigenvalue weighted by Crippen LogP contribution is 2.31. The number of rotatable bonds is 3. The third-order valence-corrected chi connectivity index (χ3v) is 5.81. The molecule has 0 saturated carbocycles. The molecular weight excluding hydrogens is 338 g/mol. The quantitative estimate of drug-likeness (QED) is 0.847. The van der Waals surface area contributed by atoms with Crippen LogP contribution in [-0.2, 0) is 7.05 Å². The Kier molecular flexibility index (Phi) is 4.97. The van der Waals surface area contributed by atoms with Crippen molar-refractivity contribution in [1.82, 2.24) is 9.47 Å². The Labute approximate surface area is 161 Å². The molecule has 6 heteroatoms. The van der Waals surface area contributed by atoms with Gasteiger partial charge in [-0.2, -0.15) is 0 Å². The molecule has 0 spiro atoms. The van der Waals surface area contributed by atoms with Gasteiger partial charge in [-0.3, -0.25) is 4.79 Å². The Bertz CT molecular complexity index is 801. The molecule has 27 heavy (non-hydrogen) atoms. The van der Waals surface area contributed by atoms with Crippen LogP contribution in [0.5, 0.6) is 0 Å². The summed E-state index contributed by atoms with van der Waals surface area (Å²) in [5.41, 5.74) is 10.2. The number of piperidine rings is 1. The highest BCUT2D eigenvalue weighted by Gasteiger charge is 2.24. The number of nitrogens with two attached hydrogens (primary N) is 1. The largest absolute Gasteiger partial charge is 0.397 e. The smallest absolute Gasteiger partial charge is 0.270 e. The van der Waals surface area contributed by atoms with Crippen LogP contribution in [0, 0.1) is 0 Å². The molecule has 2 N–H and O–H groups in total. The first-order valence-corrected chi connectivity index (χ1v) is 9.93. The van der Waals surface area contributed by atoms with Crippen molar-refractivity contribution in [3.63, 3.8) is 0 Å². The minimum Gasteiger partial charge on any atom is -0.397 e. The minimum atomic E-state index is 0.119. The lowest BCUT2D eigenvalue weighted by Gasteiger charge is -2.37. The van der Waals surface area contributed by atoms with Crippen molar-refractivity contribution >= 4 is 23.0 Å². The van der Waals surface area contributed by atoms with Crippen LogP contribution in [0.1, 0.15) is 29.8 Å². The third kappa shape index (κ3) is 3.61. The van der Waals surface area contributed by atoms with E-state index < -0.39 is 0 Å². The minimum absolute atomic E-state index is 0.119. The summed E-state index contributed by atoms with van der Waals surface area (Å²) in [5, 5.41) is 0. The molecule has 0 unspecified atom stereocenters. The number of amides is 1. The first kappa shape index (κ1) is 17.8. The van der Waals surface area contributed by atoms with Gasteiger partial charge in [-0.05, 0) is 49.6 Å². The molecule has 1 aromatic carbocycles. The second kappa shape index (κ2) is 7.55. The van der Waals surface area contributed by atoms with E-state index in [-0.39, 0.29) is 5.91 Å². The van der Waals surface area contributed by atoms with Crippen molar-refractivity contribution in [2.45, 2.75) is 19.3 Å². The lowest BCUT2D eigenvalue weighted by Crippen LogP contribution is -2.49. The molecule has 1 amide bonds. The van der Waals surface area contributed by atoms with E-state index in [1.807, 2.05) is 40.9 Å². The molecule has 1 aromatic heterocycles. The van der Waals surface area contributed by atoms with Gasteiger partial charge in [0, 0.05) is 58.2 Å². The van der Waals surface area contributed by atoms with Gasteiger partial charge in [0.25, 0.3) is 5.91 Å². The summed E-state index contributed by atoms with van der Waals surface area (Å²) in [7, 11) is 1.92. The van der Waals surface area contributed by atoms with Crippen molar-refractivity contribution in [1.29, 1.82) is 0 Å². The summed E-state index contributed by atoms with van der Waals surface area (Å²) in [6.07, 6.45) is 5.71. The summed E-state index contributed by atoms with van der Waals surface area (Å²) in [5.74, 6) is 0.119. The first-order valence-electron chi connectivity index (χ1n) is 9.93. The number of carbonyl (C=O) groups is 1. The zero-order valence-corrected chi connectivity index (χ0v) is 16.1. The zero-order valence-electron chi connectivity index (χ0n) is 16.1. The lowest BCUT2D eigenvalue weighted by molar-refractivity contribution is 0.0737. The van der Waals surface area contributed by atoms with Gasteiger partial charge in [0.1, 0.15) is 5.69 Å². The number of nitrogen functional groups attached to an aromatic ring is 1. The maximum absolute atomic E-state index is 12.7. The summed E-state index contributed by atoms with van der Waals surface area (Å²) in [6, 6.07) is 10.2. The second-order valence-corrected chi connectivity index (χ2v) is 7.57. The van der Waals surface area contributed by atoms with E-state index in [0.29, 0.717) is 0 Å². The van der Waals surface area contributed by atoms with E-state index in [2.05, 4.69) is 21.9 Å². The molecule has 0 radical (unpaired) electrons. The van der Waals surface area contributed by atoms with E-state index in [1.165, 1.54) is 24.9 Å². The van der Waals surface area contributed by atoms with Crippen molar-refractivity contribution in [2.75, 3.05) is 54.8 Å². The number of hydrogen-bond donors (Lipinski definition) is 1. The van der Waals surface area contributed by atoms with Gasteiger partial charge >= 0.3 is 0 Å². The number of aryl methyl sites for hydroxylation is 1. The monoisotopic (exact) mass is 367 g/mol. The van der Waals surface area contributed by atoms with Gasteiger partial charge in [-0.15, -0.1) is 0 Å². The third-order valence-electron chi connectivity index (χ3n) is 5.81. The van der Waals surface area contributed by atoms with Gasteiger partial charge in [0.05, 0.1) is 11.4 Å². The summed E-state index contributed by atoms with van der Waals surface area (Å²) in [4.78, 5) is 19.4. The van der Waals surface area contributed by atoms with Crippen LogP contribution in [0.25, 0.3) is 0 Å². The second-order valence-electron chi connectivity index (χ2n) is 7.57. The Morgan fingerprint density at radius 3 is 2.33 bits per heavy atom. The average molecular weight is 367 g/mol. The zero-order chi connectivity index (χ0) is 18.8. The van der Waals surface area contributed by atoms with Crippen LogP contribution in [0.2, 0.25) is 0 Å². The van der Waals surface area contributed by atoms with Gasteiger partial charge in [-0.25, -0.2) is 0 Å². The van der Waals surface area contributed by atoms with Crippen molar-refractivity contribution in [3.8, 4) is 0 Å². The number of benzene rings is 1. The Hall–Kier alpha value is -2.63. The topological polar surface area (TPSA) is 57.7 Å². The molecule has 144 valence electrons. The Balaban J connectivity index is 1.43. The molecule has 0 bridgehead atoms. The van der Waals surface area contributed by atoms with E-state index in [0.717, 1.165) is 56.3 Å². The molecule has 2 aromatic rings. The molecule has 2 saturated heterocycles. The Morgan fingerprint density at radius 1 is 0.926 bits per heavy atom. The van der Waals surface area contributed by atoms with E-state index in [1.54, 1.807) is 0 Å². The highest BCUT2D eigenvalue weighted by molar-refractivity contribution is 5.93. The van der Waals surface area contributed by atoms with E-state index >= 15 is 0 Å². The normalized spacial score (nSPS) is 18.0. The number of piperazine rings is 1. The van der Waals surface area contributed by atoms with Gasteiger partial charge < -0.3 is 25.0 Å². The molecule has 4 rings (SSSR count). The average Bonchev–Trinajstić information content (AvgIpc) is 3.14. The molecule has 2 aliphatic rings. The van der Waals surface area contributed by atoms with E-state index in [9.17, 15) is 4.79 Å². The maximum Gasteiger partial charge on any atom is 0.270 e. The molecule has 2 aliphatic heterocycles. The van der Waals surface area contributed by atoms with Crippen molar-refractivity contribution in [2.24, 2.45) is 7.05 Å². The molecule has 3 heterocycles. The van der Waals surface area contributed by atoms with Crippen molar-refractivity contribution < 1.29 is 4.79 Å². The van der Waals surface area contributed by atoms with Crippen LogP contribution < -0.4 is 15.5 Å². The fourth-order valence-electron chi connectivity index (χ4n) is 4.15. The number of nitrogens with zero attached hydrogens (tertiary/aromatic N) is 4. The SMILES string of the molecule is Cn1cccc1C(=O)N1CCN(c2ccc(N)c(N3CCCCC3)c2)CC1. The lowest BCUT2D eigenvalue weighted by atomic mass is 10.1.